The molecule has 0 saturated heterocycles. The van der Waals surface area contributed by atoms with Gasteiger partial charge in [0.15, 0.2) is 0 Å². The summed E-state index contributed by atoms with van der Waals surface area (Å²) in [4.78, 5) is 0.906. The molecule has 1 aromatic rings. The maximum atomic E-state index is 9.75. The predicted molar refractivity (Wildman–Crippen MR) is 110 cm³/mol. The van der Waals surface area contributed by atoms with E-state index in [9.17, 15) is 5.11 Å². The second-order valence-electron chi connectivity index (χ2n) is 7.31. The lowest BCUT2D eigenvalue weighted by Crippen LogP contribution is -2.41. The lowest BCUT2D eigenvalue weighted by atomic mass is 9.74. The predicted octanol–water partition coefficient (Wildman–Crippen LogP) is 5.87. The number of hydrogen-bond acceptors (Lipinski definition) is 2. The van der Waals surface area contributed by atoms with Crippen LogP contribution in [0.25, 0.3) is 5.57 Å². The fourth-order valence-corrected chi connectivity index (χ4v) is 3.43. The van der Waals surface area contributed by atoms with Crippen molar-refractivity contribution in [2.45, 2.75) is 60.3 Å². The zero-order valence-corrected chi connectivity index (χ0v) is 16.7. The first-order chi connectivity index (χ1) is 11.2. The summed E-state index contributed by atoms with van der Waals surface area (Å²) in [5.41, 5.74) is 2.90. The van der Waals surface area contributed by atoms with Crippen molar-refractivity contribution in [3.63, 3.8) is 0 Å². The standard InChI is InChI=1S/C21H33NOS/c1-7-9-10-18(8-2)21(5,6)20(24)22-14-16(4)17-11-15(3)12-19(23)13-17/h11-13,18,23H,4,7-10,14H2,1-3,5-6H3,(H,22,24). The van der Waals surface area contributed by atoms with E-state index in [1.165, 1.54) is 19.3 Å². The second-order valence-corrected chi connectivity index (χ2v) is 7.72. The van der Waals surface area contributed by atoms with E-state index >= 15 is 0 Å². The van der Waals surface area contributed by atoms with E-state index < -0.39 is 0 Å². The van der Waals surface area contributed by atoms with Gasteiger partial charge in [0, 0.05) is 12.0 Å². The van der Waals surface area contributed by atoms with Crippen LogP contribution in [0.2, 0.25) is 0 Å². The van der Waals surface area contributed by atoms with E-state index in [4.69, 9.17) is 12.2 Å². The first kappa shape index (κ1) is 20.7. The van der Waals surface area contributed by atoms with Crippen molar-refractivity contribution in [2.75, 3.05) is 6.54 Å². The highest BCUT2D eigenvalue weighted by Crippen LogP contribution is 2.34. The molecule has 0 fully saturated rings. The minimum Gasteiger partial charge on any atom is -0.508 e. The molecule has 0 aliphatic heterocycles. The summed E-state index contributed by atoms with van der Waals surface area (Å²) in [7, 11) is 0. The Morgan fingerprint density at radius 2 is 1.96 bits per heavy atom. The van der Waals surface area contributed by atoms with Crippen LogP contribution in [-0.2, 0) is 0 Å². The Balaban J connectivity index is 2.70. The molecule has 0 aliphatic rings. The van der Waals surface area contributed by atoms with Crippen LogP contribution in [0.1, 0.15) is 64.5 Å². The summed E-state index contributed by atoms with van der Waals surface area (Å²) in [6.07, 6.45) is 4.83. The smallest absolute Gasteiger partial charge is 0.116 e. The van der Waals surface area contributed by atoms with Crippen molar-refractivity contribution in [3.05, 3.63) is 35.9 Å². The molecule has 3 heteroatoms. The van der Waals surface area contributed by atoms with Crippen LogP contribution in [-0.4, -0.2) is 16.6 Å². The van der Waals surface area contributed by atoms with Crippen molar-refractivity contribution in [2.24, 2.45) is 11.3 Å². The van der Waals surface area contributed by atoms with Crippen LogP contribution in [0, 0.1) is 18.3 Å². The topological polar surface area (TPSA) is 32.3 Å². The monoisotopic (exact) mass is 347 g/mol. The van der Waals surface area contributed by atoms with Gasteiger partial charge in [0.25, 0.3) is 0 Å². The fraction of sp³-hybridized carbons (Fsp3) is 0.571. The van der Waals surface area contributed by atoms with Gasteiger partial charge in [0.2, 0.25) is 0 Å². The molecule has 0 spiro atoms. The van der Waals surface area contributed by atoms with Crippen molar-refractivity contribution in [1.29, 1.82) is 0 Å². The number of benzene rings is 1. The molecule has 0 aliphatic carbocycles. The third kappa shape index (κ3) is 5.62. The average molecular weight is 348 g/mol. The normalized spacial score (nSPS) is 12.7. The largest absolute Gasteiger partial charge is 0.508 e. The van der Waals surface area contributed by atoms with Gasteiger partial charge < -0.3 is 10.4 Å². The summed E-state index contributed by atoms with van der Waals surface area (Å²) in [5, 5.41) is 13.2. The second kappa shape index (κ2) is 9.22. The Morgan fingerprint density at radius 3 is 2.50 bits per heavy atom. The maximum Gasteiger partial charge on any atom is 0.116 e. The van der Waals surface area contributed by atoms with Gasteiger partial charge in [-0.3, -0.25) is 0 Å². The fourth-order valence-electron chi connectivity index (χ4n) is 3.20. The Labute approximate surface area is 153 Å². The maximum absolute atomic E-state index is 9.75. The Kier molecular flexibility index (Phi) is 7.95. The third-order valence-electron chi connectivity index (χ3n) is 4.94. The zero-order chi connectivity index (χ0) is 18.3. The summed E-state index contributed by atoms with van der Waals surface area (Å²) < 4.78 is 0. The highest BCUT2D eigenvalue weighted by atomic mass is 32.1. The van der Waals surface area contributed by atoms with Crippen molar-refractivity contribution in [1.82, 2.24) is 5.32 Å². The number of phenolic OH excluding ortho intramolecular Hbond substituents is 1. The summed E-state index contributed by atoms with van der Waals surface area (Å²) in [6.45, 7) is 15.7. The van der Waals surface area contributed by atoms with Gasteiger partial charge >= 0.3 is 0 Å². The molecule has 0 aromatic heterocycles. The van der Waals surface area contributed by atoms with Gasteiger partial charge in [-0.2, -0.15) is 0 Å². The molecule has 24 heavy (non-hydrogen) atoms. The van der Waals surface area contributed by atoms with E-state index in [2.05, 4.69) is 39.6 Å². The van der Waals surface area contributed by atoms with Gasteiger partial charge in [0.05, 0.1) is 4.99 Å². The minimum absolute atomic E-state index is 0.0196. The van der Waals surface area contributed by atoms with E-state index in [0.717, 1.165) is 28.1 Å². The molecule has 1 aromatic carbocycles. The number of unbranched alkanes of at least 4 members (excludes halogenated alkanes) is 1. The summed E-state index contributed by atoms with van der Waals surface area (Å²) in [6, 6.07) is 5.53. The molecule has 2 nitrogen and oxygen atoms in total. The number of phenols is 1. The van der Waals surface area contributed by atoms with Crippen LogP contribution in [0.5, 0.6) is 5.75 Å². The molecule has 0 saturated carbocycles. The molecular formula is C21H33NOS. The Hall–Kier alpha value is -1.35. The van der Waals surface area contributed by atoms with Gasteiger partial charge in [-0.15, -0.1) is 0 Å². The van der Waals surface area contributed by atoms with E-state index in [0.29, 0.717) is 12.5 Å². The van der Waals surface area contributed by atoms with Crippen molar-refractivity contribution in [3.8, 4) is 5.75 Å². The SMILES string of the molecule is C=C(CNC(=S)C(C)(C)C(CC)CCCC)c1cc(C)cc(O)c1. The summed E-state index contributed by atoms with van der Waals surface area (Å²) >= 11 is 5.70. The molecule has 1 unspecified atom stereocenters. The number of nitrogens with one attached hydrogen (secondary N) is 1. The van der Waals surface area contributed by atoms with Crippen LogP contribution in [0.3, 0.4) is 0 Å². The average Bonchev–Trinajstić information content (AvgIpc) is 2.51. The minimum atomic E-state index is -0.0196. The van der Waals surface area contributed by atoms with Crippen LogP contribution >= 0.6 is 12.2 Å². The van der Waals surface area contributed by atoms with Crippen LogP contribution in [0.15, 0.2) is 24.8 Å². The molecule has 134 valence electrons. The van der Waals surface area contributed by atoms with Crippen molar-refractivity contribution < 1.29 is 5.11 Å². The lowest BCUT2D eigenvalue weighted by molar-refractivity contribution is 0.273. The molecule has 0 bridgehead atoms. The van der Waals surface area contributed by atoms with Gasteiger partial charge in [-0.1, -0.05) is 71.8 Å². The Bertz CT molecular complexity index is 557. The molecule has 1 rings (SSSR count). The molecule has 0 heterocycles. The molecule has 1 atom stereocenters. The van der Waals surface area contributed by atoms with E-state index in [1.54, 1.807) is 12.1 Å². The molecule has 0 amide bonds. The van der Waals surface area contributed by atoms with Crippen LogP contribution in [0.4, 0.5) is 0 Å². The van der Waals surface area contributed by atoms with E-state index in [-0.39, 0.29) is 11.2 Å². The quantitative estimate of drug-likeness (QED) is 0.548. The van der Waals surface area contributed by atoms with Crippen molar-refractivity contribution >= 4 is 22.8 Å². The lowest BCUT2D eigenvalue weighted by Gasteiger charge is -2.35. The number of aryl methyl sites for hydroxylation is 1. The summed E-state index contributed by atoms with van der Waals surface area (Å²) in [5.74, 6) is 0.869. The third-order valence-corrected chi connectivity index (χ3v) is 5.61. The Morgan fingerprint density at radius 1 is 1.29 bits per heavy atom. The van der Waals surface area contributed by atoms with Crippen LogP contribution < -0.4 is 5.32 Å². The molecule has 2 N–H and O–H groups in total. The number of aromatic hydroxyl groups is 1. The highest BCUT2D eigenvalue weighted by molar-refractivity contribution is 7.80. The zero-order valence-electron chi connectivity index (χ0n) is 15.9. The van der Waals surface area contributed by atoms with Gasteiger partial charge in [-0.05, 0) is 48.1 Å². The first-order valence-corrected chi connectivity index (χ1v) is 9.40. The van der Waals surface area contributed by atoms with Gasteiger partial charge in [-0.25, -0.2) is 0 Å². The number of hydrogen-bond donors (Lipinski definition) is 2. The van der Waals surface area contributed by atoms with E-state index in [1.807, 2.05) is 13.0 Å². The number of thiocarbonyl (C=S) groups is 1. The highest BCUT2D eigenvalue weighted by Gasteiger charge is 2.31. The molecule has 0 radical (unpaired) electrons. The first-order valence-electron chi connectivity index (χ1n) is 8.99. The number of rotatable bonds is 9. The van der Waals surface area contributed by atoms with Gasteiger partial charge in [0.1, 0.15) is 5.75 Å². The molecular weight excluding hydrogens is 314 g/mol.